The van der Waals surface area contributed by atoms with Crippen LogP contribution in [0.2, 0.25) is 10.0 Å². The molecular weight excluding hydrogens is 261 g/mol. The molecule has 0 bridgehead atoms. The summed E-state index contributed by atoms with van der Waals surface area (Å²) in [6, 6.07) is 5.05. The first kappa shape index (κ1) is 14.3. The van der Waals surface area contributed by atoms with E-state index in [2.05, 4.69) is 5.32 Å². The number of rotatable bonds is 4. The number of benzene rings is 1. The summed E-state index contributed by atoms with van der Waals surface area (Å²) in [7, 11) is 0. The minimum atomic E-state index is -0.767. The highest BCUT2D eigenvalue weighted by Crippen LogP contribution is 2.31. The molecule has 0 heterocycles. The van der Waals surface area contributed by atoms with E-state index in [9.17, 15) is 4.79 Å². The van der Waals surface area contributed by atoms with Crippen LogP contribution in [-0.4, -0.2) is 24.2 Å². The standard InChI is InChI=1S/C12H15Cl2NO2/c1-12(2,11(17)15-5-6-16)9-4-3-8(13)7-10(9)14/h3-4,7,16H,5-6H2,1-2H3,(H,15,17). The zero-order valence-electron chi connectivity index (χ0n) is 9.76. The van der Waals surface area contributed by atoms with Crippen LogP contribution in [0.25, 0.3) is 0 Å². The minimum Gasteiger partial charge on any atom is -0.395 e. The van der Waals surface area contributed by atoms with Crippen LogP contribution in [-0.2, 0) is 10.2 Å². The van der Waals surface area contributed by atoms with Crippen LogP contribution in [0.5, 0.6) is 0 Å². The van der Waals surface area contributed by atoms with E-state index in [4.69, 9.17) is 28.3 Å². The van der Waals surface area contributed by atoms with Crippen LogP contribution in [0.15, 0.2) is 18.2 Å². The second-order valence-corrected chi connectivity index (χ2v) is 5.07. The molecule has 17 heavy (non-hydrogen) atoms. The van der Waals surface area contributed by atoms with E-state index in [1.54, 1.807) is 32.0 Å². The van der Waals surface area contributed by atoms with Gasteiger partial charge in [-0.3, -0.25) is 4.79 Å². The summed E-state index contributed by atoms with van der Waals surface area (Å²) < 4.78 is 0. The number of nitrogens with one attached hydrogen (secondary N) is 1. The molecule has 1 amide bonds. The second kappa shape index (κ2) is 5.71. The zero-order valence-corrected chi connectivity index (χ0v) is 11.3. The molecule has 0 saturated heterocycles. The topological polar surface area (TPSA) is 49.3 Å². The van der Waals surface area contributed by atoms with Crippen LogP contribution in [0.3, 0.4) is 0 Å². The largest absolute Gasteiger partial charge is 0.395 e. The zero-order chi connectivity index (χ0) is 13.1. The molecular formula is C12H15Cl2NO2. The molecule has 1 aromatic carbocycles. The van der Waals surface area contributed by atoms with Crippen molar-refractivity contribution in [3.8, 4) is 0 Å². The number of amides is 1. The summed E-state index contributed by atoms with van der Waals surface area (Å²) in [6.45, 7) is 3.69. The summed E-state index contributed by atoms with van der Waals surface area (Å²) in [4.78, 5) is 11.9. The van der Waals surface area contributed by atoms with E-state index in [1.807, 2.05) is 0 Å². The van der Waals surface area contributed by atoms with Crippen molar-refractivity contribution in [1.29, 1.82) is 0 Å². The lowest BCUT2D eigenvalue weighted by atomic mass is 9.83. The smallest absolute Gasteiger partial charge is 0.230 e. The van der Waals surface area contributed by atoms with E-state index >= 15 is 0 Å². The Kier molecular flexibility index (Phi) is 4.80. The van der Waals surface area contributed by atoms with Crippen molar-refractivity contribution in [1.82, 2.24) is 5.32 Å². The van der Waals surface area contributed by atoms with Gasteiger partial charge in [0, 0.05) is 16.6 Å². The summed E-state index contributed by atoms with van der Waals surface area (Å²) in [6.07, 6.45) is 0. The molecule has 0 saturated carbocycles. The van der Waals surface area contributed by atoms with Crippen molar-refractivity contribution in [2.75, 3.05) is 13.2 Å². The number of hydrogen-bond donors (Lipinski definition) is 2. The molecule has 1 aromatic rings. The van der Waals surface area contributed by atoms with E-state index in [1.165, 1.54) is 0 Å². The molecule has 3 nitrogen and oxygen atoms in total. The molecule has 0 aromatic heterocycles. The molecule has 2 N–H and O–H groups in total. The fourth-order valence-electron chi connectivity index (χ4n) is 1.51. The number of hydrogen-bond acceptors (Lipinski definition) is 2. The van der Waals surface area contributed by atoms with Gasteiger partial charge in [0.1, 0.15) is 0 Å². The first-order chi connectivity index (χ1) is 7.89. The van der Waals surface area contributed by atoms with Gasteiger partial charge in [0.15, 0.2) is 0 Å². The highest BCUT2D eigenvalue weighted by Gasteiger charge is 2.31. The Morgan fingerprint density at radius 3 is 2.59 bits per heavy atom. The van der Waals surface area contributed by atoms with E-state index in [0.29, 0.717) is 15.6 Å². The lowest BCUT2D eigenvalue weighted by Crippen LogP contribution is -2.41. The number of halogens is 2. The van der Waals surface area contributed by atoms with Crippen molar-refractivity contribution in [3.05, 3.63) is 33.8 Å². The average molecular weight is 276 g/mol. The van der Waals surface area contributed by atoms with Gasteiger partial charge >= 0.3 is 0 Å². The highest BCUT2D eigenvalue weighted by atomic mass is 35.5. The molecule has 0 atom stereocenters. The molecule has 0 fully saturated rings. The Labute approximate surface area is 111 Å². The Bertz CT molecular complexity index is 419. The predicted molar refractivity (Wildman–Crippen MR) is 69.6 cm³/mol. The maximum atomic E-state index is 11.9. The van der Waals surface area contributed by atoms with Crippen LogP contribution >= 0.6 is 23.2 Å². The molecule has 0 radical (unpaired) electrons. The maximum Gasteiger partial charge on any atom is 0.230 e. The predicted octanol–water partition coefficient (Wildman–Crippen LogP) is 2.38. The lowest BCUT2D eigenvalue weighted by Gasteiger charge is -2.25. The molecule has 94 valence electrons. The van der Waals surface area contributed by atoms with E-state index in [-0.39, 0.29) is 19.1 Å². The van der Waals surface area contributed by atoms with Gasteiger partial charge in [-0.15, -0.1) is 0 Å². The number of aliphatic hydroxyl groups is 1. The Balaban J connectivity index is 2.99. The normalized spacial score (nSPS) is 11.4. The van der Waals surface area contributed by atoms with E-state index < -0.39 is 5.41 Å². The molecule has 0 unspecified atom stereocenters. The first-order valence-corrected chi connectivity index (χ1v) is 6.00. The minimum absolute atomic E-state index is 0.0871. The molecule has 1 rings (SSSR count). The van der Waals surface area contributed by atoms with Gasteiger partial charge < -0.3 is 10.4 Å². The second-order valence-electron chi connectivity index (χ2n) is 4.23. The first-order valence-electron chi connectivity index (χ1n) is 5.24. The number of carbonyl (C=O) groups is 1. The molecule has 0 spiro atoms. The summed E-state index contributed by atoms with van der Waals surface area (Å²) in [5, 5.41) is 12.3. The van der Waals surface area contributed by atoms with Crippen molar-refractivity contribution >= 4 is 29.1 Å². The van der Waals surface area contributed by atoms with Gasteiger partial charge in [-0.2, -0.15) is 0 Å². The van der Waals surface area contributed by atoms with Gasteiger partial charge in [0.25, 0.3) is 0 Å². The van der Waals surface area contributed by atoms with Crippen molar-refractivity contribution < 1.29 is 9.90 Å². The summed E-state index contributed by atoms with van der Waals surface area (Å²) in [5.41, 5.74) is -0.0596. The average Bonchev–Trinajstić information content (AvgIpc) is 2.25. The third-order valence-electron chi connectivity index (χ3n) is 2.57. The third kappa shape index (κ3) is 3.35. The number of carbonyl (C=O) groups excluding carboxylic acids is 1. The Morgan fingerprint density at radius 2 is 2.06 bits per heavy atom. The molecule has 0 aliphatic heterocycles. The van der Waals surface area contributed by atoms with Crippen LogP contribution in [0, 0.1) is 0 Å². The lowest BCUT2D eigenvalue weighted by molar-refractivity contribution is -0.125. The molecule has 5 heteroatoms. The Morgan fingerprint density at radius 1 is 1.41 bits per heavy atom. The van der Waals surface area contributed by atoms with Crippen molar-refractivity contribution in [3.63, 3.8) is 0 Å². The monoisotopic (exact) mass is 275 g/mol. The van der Waals surface area contributed by atoms with Crippen LogP contribution in [0.4, 0.5) is 0 Å². The van der Waals surface area contributed by atoms with Gasteiger partial charge in [0.2, 0.25) is 5.91 Å². The van der Waals surface area contributed by atoms with Gasteiger partial charge in [0.05, 0.1) is 12.0 Å². The van der Waals surface area contributed by atoms with Gasteiger partial charge in [-0.25, -0.2) is 0 Å². The Hall–Kier alpha value is -0.770. The fourth-order valence-corrected chi connectivity index (χ4v) is 2.15. The summed E-state index contributed by atoms with van der Waals surface area (Å²) in [5.74, 6) is -0.184. The van der Waals surface area contributed by atoms with Crippen molar-refractivity contribution in [2.24, 2.45) is 0 Å². The SMILES string of the molecule is CC(C)(C(=O)NCCO)c1ccc(Cl)cc1Cl. The summed E-state index contributed by atoms with van der Waals surface area (Å²) >= 11 is 11.9. The van der Waals surface area contributed by atoms with Crippen molar-refractivity contribution in [2.45, 2.75) is 19.3 Å². The van der Waals surface area contributed by atoms with Gasteiger partial charge in [-0.1, -0.05) is 29.3 Å². The van der Waals surface area contributed by atoms with Crippen LogP contribution < -0.4 is 5.32 Å². The quantitative estimate of drug-likeness (QED) is 0.887. The highest BCUT2D eigenvalue weighted by molar-refractivity contribution is 6.35. The van der Waals surface area contributed by atoms with E-state index in [0.717, 1.165) is 0 Å². The molecule has 0 aliphatic rings. The fraction of sp³-hybridized carbons (Fsp3) is 0.417. The van der Waals surface area contributed by atoms with Crippen LogP contribution in [0.1, 0.15) is 19.4 Å². The third-order valence-corrected chi connectivity index (χ3v) is 3.12. The number of aliphatic hydroxyl groups excluding tert-OH is 1. The molecule has 0 aliphatic carbocycles. The van der Waals surface area contributed by atoms with Gasteiger partial charge in [-0.05, 0) is 31.5 Å². The maximum absolute atomic E-state index is 11.9.